The van der Waals surface area contributed by atoms with Crippen molar-refractivity contribution in [3.8, 4) is 0 Å². The van der Waals surface area contributed by atoms with Crippen LogP contribution in [0.4, 0.5) is 14.0 Å². The lowest BCUT2D eigenvalue weighted by Gasteiger charge is -2.36. The van der Waals surface area contributed by atoms with Crippen molar-refractivity contribution >= 4 is 39.9 Å². The number of benzene rings is 1. The summed E-state index contributed by atoms with van der Waals surface area (Å²) in [5.74, 6) is -3.04. The highest BCUT2D eigenvalue weighted by Gasteiger charge is 2.62. The van der Waals surface area contributed by atoms with Crippen molar-refractivity contribution in [3.63, 3.8) is 0 Å². The Bertz CT molecular complexity index is 1810. The lowest BCUT2D eigenvalue weighted by molar-refractivity contribution is -0.141. The molecule has 3 aliphatic heterocycles. The first-order valence-corrected chi connectivity index (χ1v) is 20.7. The van der Waals surface area contributed by atoms with Gasteiger partial charge in [0.2, 0.25) is 21.8 Å². The summed E-state index contributed by atoms with van der Waals surface area (Å²) in [4.78, 5) is 71.9. The molecule has 15 nitrogen and oxygen atoms in total. The molecule has 302 valence electrons. The highest BCUT2D eigenvalue weighted by molar-refractivity contribution is 7.91. The zero-order valence-corrected chi connectivity index (χ0v) is 32.6. The number of hydrogen-bond donors (Lipinski definition) is 3. The first kappa shape index (κ1) is 40.4. The van der Waals surface area contributed by atoms with Crippen LogP contribution in [0.1, 0.15) is 95.7 Å². The fraction of sp³-hybridized carbons (Fsp3) is 0.658. The van der Waals surface area contributed by atoms with Gasteiger partial charge in [0, 0.05) is 26.0 Å². The van der Waals surface area contributed by atoms with Crippen LogP contribution in [0.25, 0.3) is 0 Å². The number of hydrogen-bond acceptors (Lipinski definition) is 10. The molecule has 6 atom stereocenters. The molecule has 2 saturated carbocycles. The summed E-state index contributed by atoms with van der Waals surface area (Å²) in [7, 11) is -2.46. The Balaban J connectivity index is 1.27. The number of methoxy groups -OCH3 is 1. The Labute approximate surface area is 321 Å². The van der Waals surface area contributed by atoms with E-state index >= 15 is 0 Å². The predicted molar refractivity (Wildman–Crippen MR) is 196 cm³/mol. The molecule has 0 bridgehead atoms. The Hall–Kier alpha value is -4.25. The van der Waals surface area contributed by atoms with Crippen molar-refractivity contribution in [3.05, 3.63) is 47.3 Å². The van der Waals surface area contributed by atoms with Crippen molar-refractivity contribution in [2.75, 3.05) is 26.8 Å². The van der Waals surface area contributed by atoms with Gasteiger partial charge in [-0.05, 0) is 82.9 Å². The molecule has 6 rings (SSSR count). The van der Waals surface area contributed by atoms with Crippen LogP contribution in [0.15, 0.2) is 30.4 Å². The summed E-state index contributed by atoms with van der Waals surface area (Å²) in [5.41, 5.74) is -1.34. The topological polar surface area (TPSA) is 190 Å². The molecular formula is C38H52FN5O10S. The molecule has 2 aliphatic carbocycles. The van der Waals surface area contributed by atoms with Crippen LogP contribution in [0.2, 0.25) is 0 Å². The van der Waals surface area contributed by atoms with Crippen molar-refractivity contribution in [2.45, 2.75) is 126 Å². The lowest BCUT2D eigenvalue weighted by atomic mass is 9.93. The third kappa shape index (κ3) is 9.25. The largest absolute Gasteiger partial charge is 0.444 e. The molecule has 17 heteroatoms. The molecule has 1 aromatic carbocycles. The van der Waals surface area contributed by atoms with Crippen LogP contribution in [0.3, 0.4) is 0 Å². The number of carbonyl (C=O) groups is 5. The van der Waals surface area contributed by atoms with Crippen LogP contribution in [0.5, 0.6) is 0 Å². The van der Waals surface area contributed by atoms with Gasteiger partial charge in [-0.2, -0.15) is 0 Å². The quantitative estimate of drug-likeness (QED) is 0.346. The molecule has 3 heterocycles. The zero-order valence-electron chi connectivity index (χ0n) is 31.8. The summed E-state index contributed by atoms with van der Waals surface area (Å²) in [5, 5.41) is 4.82. The highest BCUT2D eigenvalue weighted by Crippen LogP contribution is 2.46. The summed E-state index contributed by atoms with van der Waals surface area (Å²) in [6.07, 6.45) is 5.25. The minimum atomic E-state index is -3.93. The van der Waals surface area contributed by atoms with Crippen LogP contribution in [0, 0.1) is 11.7 Å². The van der Waals surface area contributed by atoms with Gasteiger partial charge < -0.3 is 29.7 Å². The number of nitrogens with zero attached hydrogens (tertiary/aromatic N) is 2. The van der Waals surface area contributed by atoms with E-state index in [-0.39, 0.29) is 51.2 Å². The number of fused-ring (bicyclic) bond motifs is 3. The number of alkyl carbamates (subject to hydrolysis) is 1. The Morgan fingerprint density at radius 3 is 2.56 bits per heavy atom. The van der Waals surface area contributed by atoms with Gasteiger partial charge in [0.25, 0.3) is 5.91 Å². The Kier molecular flexibility index (Phi) is 11.8. The van der Waals surface area contributed by atoms with Crippen LogP contribution in [-0.4, -0.2) is 110 Å². The van der Waals surface area contributed by atoms with Crippen LogP contribution < -0.4 is 15.4 Å². The SMILES string of the molecule is COC[C@@H]1c2cccc(F)c2CCN1C(=O)O[C@@H]1CC2C(=O)N[C@]3(C(=O)NS(=O)(=O)C4CC4)C[C@H]3/C=C\CCCCC[C@H](NC(=O)OC(C)(C)C)C(=O)N2C1. The number of carbonyl (C=O) groups excluding carboxylic acids is 5. The molecule has 55 heavy (non-hydrogen) atoms. The van der Waals surface area contributed by atoms with Crippen LogP contribution >= 0.6 is 0 Å². The average molecular weight is 790 g/mol. The monoisotopic (exact) mass is 789 g/mol. The molecule has 0 aromatic heterocycles. The number of nitrogens with one attached hydrogen (secondary N) is 3. The van der Waals surface area contributed by atoms with E-state index in [1.165, 1.54) is 23.0 Å². The number of sulfonamides is 1. The molecular weight excluding hydrogens is 738 g/mol. The van der Waals surface area contributed by atoms with Gasteiger partial charge in [-0.15, -0.1) is 0 Å². The first-order valence-electron chi connectivity index (χ1n) is 19.1. The molecule has 3 N–H and O–H groups in total. The molecule has 0 radical (unpaired) electrons. The van der Waals surface area contributed by atoms with E-state index in [0.29, 0.717) is 43.2 Å². The standard InChI is InChI=1S/C38H52FN5O10S/c1-37(2,3)54-35(48)40-29-14-9-7-5-6-8-11-23-20-38(23,34(47)42-55(50,51)25-15-16-25)41-32(45)30-19-24(21-44(30)33(29)46)53-36(49)43-18-17-26-27(31(43)22-52-4)12-10-13-28(26)39/h8,10-13,23-25,29-31H,5-7,9,14-22H2,1-4H3,(H,40,48)(H,41,45)(H,42,47)/b11-8-/t23-,24-,29+,30?,31-,38-/m1/s1. The van der Waals surface area contributed by atoms with Crippen molar-refractivity contribution in [2.24, 2.45) is 5.92 Å². The van der Waals surface area contributed by atoms with E-state index in [4.69, 9.17) is 14.2 Å². The maximum atomic E-state index is 14.7. The van der Waals surface area contributed by atoms with Crippen LogP contribution in [-0.2, 0) is 45.0 Å². The number of allylic oxidation sites excluding steroid dienone is 1. The van der Waals surface area contributed by atoms with Gasteiger partial charge in [0.05, 0.1) is 24.4 Å². The summed E-state index contributed by atoms with van der Waals surface area (Å²) >= 11 is 0. The minimum Gasteiger partial charge on any atom is -0.444 e. The average Bonchev–Trinajstić information content (AvgIpc) is 4.03. The van der Waals surface area contributed by atoms with Crippen molar-refractivity contribution in [1.82, 2.24) is 25.2 Å². The fourth-order valence-corrected chi connectivity index (χ4v) is 9.13. The van der Waals surface area contributed by atoms with E-state index in [0.717, 1.165) is 6.42 Å². The first-order chi connectivity index (χ1) is 26.0. The second kappa shape index (κ2) is 16.1. The molecule has 1 aromatic rings. The molecule has 5 aliphatic rings. The van der Waals surface area contributed by atoms with Gasteiger partial charge in [-0.3, -0.25) is 24.0 Å². The third-order valence-corrected chi connectivity index (χ3v) is 12.7. The van der Waals surface area contributed by atoms with Gasteiger partial charge in [0.15, 0.2) is 0 Å². The van der Waals surface area contributed by atoms with E-state index < -0.39 is 86.5 Å². The Morgan fingerprint density at radius 1 is 1.09 bits per heavy atom. The fourth-order valence-electron chi connectivity index (χ4n) is 7.77. The van der Waals surface area contributed by atoms with E-state index in [1.807, 2.05) is 12.2 Å². The maximum absolute atomic E-state index is 14.7. The maximum Gasteiger partial charge on any atom is 0.410 e. The highest BCUT2D eigenvalue weighted by atomic mass is 32.2. The zero-order chi connectivity index (χ0) is 39.7. The molecule has 0 spiro atoms. The predicted octanol–water partition coefficient (Wildman–Crippen LogP) is 3.37. The second-order valence-corrected chi connectivity index (χ2v) is 18.1. The number of rotatable bonds is 7. The second-order valence-electron chi connectivity index (χ2n) is 16.2. The minimum absolute atomic E-state index is 0.0695. The van der Waals surface area contributed by atoms with Crippen molar-refractivity contribution in [1.29, 1.82) is 0 Å². The summed E-state index contributed by atoms with van der Waals surface area (Å²) in [6, 6.07) is 1.67. The summed E-state index contributed by atoms with van der Waals surface area (Å²) in [6.45, 7) is 5.08. The number of amides is 5. The molecule has 1 unspecified atom stereocenters. The van der Waals surface area contributed by atoms with Gasteiger partial charge >= 0.3 is 12.2 Å². The van der Waals surface area contributed by atoms with Gasteiger partial charge in [-0.1, -0.05) is 37.1 Å². The number of halogens is 1. The Morgan fingerprint density at radius 2 is 1.85 bits per heavy atom. The normalized spacial score (nSPS) is 29.3. The van der Waals surface area contributed by atoms with Gasteiger partial charge in [-0.25, -0.2) is 22.4 Å². The number of ether oxygens (including phenoxy) is 3. The lowest BCUT2D eigenvalue weighted by Crippen LogP contribution is -2.58. The van der Waals surface area contributed by atoms with Gasteiger partial charge in [0.1, 0.15) is 35.1 Å². The molecule has 3 fully saturated rings. The third-order valence-electron chi connectivity index (χ3n) is 10.9. The van der Waals surface area contributed by atoms with E-state index in [1.54, 1.807) is 32.9 Å². The smallest absolute Gasteiger partial charge is 0.410 e. The van der Waals surface area contributed by atoms with Crippen molar-refractivity contribution < 1.29 is 51.0 Å². The molecule has 1 saturated heterocycles. The van der Waals surface area contributed by atoms with E-state index in [2.05, 4.69) is 15.4 Å². The van der Waals surface area contributed by atoms with E-state index in [9.17, 15) is 36.8 Å². The molecule has 5 amide bonds. The summed E-state index contributed by atoms with van der Waals surface area (Å²) < 4.78 is 59.3.